The van der Waals surface area contributed by atoms with E-state index in [4.69, 9.17) is 0 Å². The minimum absolute atomic E-state index is 0. The molecule has 0 aromatic carbocycles. The smallest absolute Gasteiger partial charge is 1.00 e. The van der Waals surface area contributed by atoms with E-state index in [1.807, 2.05) is 0 Å². The third-order valence-corrected chi connectivity index (χ3v) is 1.63. The van der Waals surface area contributed by atoms with Crippen LogP contribution in [0.4, 0.5) is 0 Å². The Bertz CT molecular complexity index is 295. The van der Waals surface area contributed by atoms with Crippen LogP contribution in [0.15, 0.2) is 24.8 Å². The monoisotopic (exact) mass is 219 g/mol. The molecular formula is C11H18NNaO2. The van der Waals surface area contributed by atoms with Crippen LogP contribution in [-0.2, 0) is 9.59 Å². The van der Waals surface area contributed by atoms with Crippen molar-refractivity contribution in [3.8, 4) is 0 Å². The first-order valence-corrected chi connectivity index (χ1v) is 4.38. The molecule has 0 aliphatic rings. The summed E-state index contributed by atoms with van der Waals surface area (Å²) in [6, 6.07) is 0. The van der Waals surface area contributed by atoms with Crippen molar-refractivity contribution in [2.45, 2.75) is 33.2 Å². The summed E-state index contributed by atoms with van der Waals surface area (Å²) in [6.07, 6.45) is 1.13. The first-order chi connectivity index (χ1) is 6.21. The quantitative estimate of drug-likeness (QED) is 0.442. The van der Waals surface area contributed by atoms with Gasteiger partial charge in [-0.2, -0.15) is 0 Å². The summed E-state index contributed by atoms with van der Waals surface area (Å²) in [4.78, 5) is 24.3. The second-order valence-corrected chi connectivity index (χ2v) is 4.13. The zero-order valence-corrected chi connectivity index (χ0v) is 12.3. The molecule has 0 bridgehead atoms. The fraction of sp³-hybridized carbons (Fsp3) is 0.455. The van der Waals surface area contributed by atoms with Gasteiger partial charge in [0, 0.05) is 11.1 Å². The van der Waals surface area contributed by atoms with Gasteiger partial charge in [0.25, 0.3) is 11.8 Å². The Balaban J connectivity index is -0.000000845. The van der Waals surface area contributed by atoms with Gasteiger partial charge in [-0.25, -0.2) is 0 Å². The van der Waals surface area contributed by atoms with Gasteiger partial charge >= 0.3 is 29.6 Å². The Kier molecular flexibility index (Phi) is 7.10. The molecule has 0 aromatic rings. The van der Waals surface area contributed by atoms with Crippen molar-refractivity contribution >= 4 is 11.8 Å². The molecule has 0 atom stereocenters. The number of amides is 2. The second kappa shape index (κ2) is 6.26. The van der Waals surface area contributed by atoms with Gasteiger partial charge in [-0.1, -0.05) is 13.2 Å². The van der Waals surface area contributed by atoms with Crippen LogP contribution in [0.25, 0.3) is 0 Å². The number of rotatable bonds is 2. The maximum Gasteiger partial charge on any atom is 1.00 e. The van der Waals surface area contributed by atoms with Crippen LogP contribution in [0.3, 0.4) is 0 Å². The fourth-order valence-electron chi connectivity index (χ4n) is 1.02. The van der Waals surface area contributed by atoms with E-state index < -0.39 is 11.4 Å². The molecule has 0 N–H and O–H groups in total. The molecule has 0 rings (SSSR count). The molecule has 0 fully saturated rings. The van der Waals surface area contributed by atoms with Crippen molar-refractivity contribution in [1.82, 2.24) is 4.90 Å². The molecule has 0 heterocycles. The fourth-order valence-corrected chi connectivity index (χ4v) is 1.02. The minimum atomic E-state index is -0.554. The normalized spacial score (nSPS) is 9.87. The SMILES string of the molecule is C=CC(=O)N(C(=O)C(=C)C)C(C)(C)C.[H-].[Na+]. The van der Waals surface area contributed by atoms with Gasteiger partial charge < -0.3 is 1.43 Å². The van der Waals surface area contributed by atoms with Gasteiger partial charge in [0.15, 0.2) is 0 Å². The molecule has 0 saturated carbocycles. The van der Waals surface area contributed by atoms with Gasteiger partial charge in [0.05, 0.1) is 0 Å². The van der Waals surface area contributed by atoms with Crippen molar-refractivity contribution in [3.05, 3.63) is 24.8 Å². The standard InChI is InChI=1S/C11H17NO2.Na.H/c1-7-9(13)12(11(4,5)6)10(14)8(2)3;;/h7H,1-2H2,3-6H3;;/q;+1;-1. The van der Waals surface area contributed by atoms with E-state index in [1.165, 1.54) is 0 Å². The van der Waals surface area contributed by atoms with E-state index >= 15 is 0 Å². The summed E-state index contributed by atoms with van der Waals surface area (Å²) in [5.74, 6) is -0.757. The second-order valence-electron chi connectivity index (χ2n) is 4.13. The predicted molar refractivity (Wildman–Crippen MR) is 57.7 cm³/mol. The Labute approximate surface area is 115 Å². The minimum Gasteiger partial charge on any atom is -1.00 e. The molecule has 80 valence electrons. The zero-order valence-electron chi connectivity index (χ0n) is 11.3. The molecule has 3 nitrogen and oxygen atoms in total. The summed E-state index contributed by atoms with van der Waals surface area (Å²) in [6.45, 7) is 13.8. The van der Waals surface area contributed by atoms with Gasteiger partial charge in [-0.05, 0) is 33.8 Å². The number of imide groups is 1. The van der Waals surface area contributed by atoms with E-state index in [-0.39, 0.29) is 36.9 Å². The van der Waals surface area contributed by atoms with Crippen LogP contribution < -0.4 is 29.6 Å². The largest absolute Gasteiger partial charge is 1.00 e. The van der Waals surface area contributed by atoms with Crippen molar-refractivity contribution in [1.29, 1.82) is 0 Å². The Morgan fingerprint density at radius 3 is 1.93 bits per heavy atom. The molecule has 4 heteroatoms. The van der Waals surface area contributed by atoms with Gasteiger partial charge in [-0.3, -0.25) is 14.5 Å². The molecule has 15 heavy (non-hydrogen) atoms. The van der Waals surface area contributed by atoms with E-state index in [0.717, 1.165) is 11.0 Å². The van der Waals surface area contributed by atoms with Crippen LogP contribution in [-0.4, -0.2) is 22.3 Å². The van der Waals surface area contributed by atoms with E-state index in [0.29, 0.717) is 5.57 Å². The van der Waals surface area contributed by atoms with E-state index in [2.05, 4.69) is 13.2 Å². The van der Waals surface area contributed by atoms with Gasteiger partial charge in [-0.15, -0.1) is 0 Å². The molecule has 0 aromatic heterocycles. The van der Waals surface area contributed by atoms with E-state index in [9.17, 15) is 9.59 Å². The van der Waals surface area contributed by atoms with Gasteiger partial charge in [0.1, 0.15) is 0 Å². The molecule has 0 radical (unpaired) electrons. The zero-order chi connectivity index (χ0) is 11.5. The average Bonchev–Trinajstić information content (AvgIpc) is 2.01. The van der Waals surface area contributed by atoms with Crippen molar-refractivity contribution in [2.75, 3.05) is 0 Å². The van der Waals surface area contributed by atoms with Crippen LogP contribution in [0.2, 0.25) is 0 Å². The summed E-state index contributed by atoms with van der Waals surface area (Å²) in [5.41, 5.74) is -0.212. The Hall–Kier alpha value is -0.380. The first kappa shape index (κ1) is 17.0. The summed E-state index contributed by atoms with van der Waals surface area (Å²) in [5, 5.41) is 0. The topological polar surface area (TPSA) is 37.4 Å². The number of nitrogens with zero attached hydrogens (tertiary/aromatic N) is 1. The number of carbonyl (C=O) groups excluding carboxylic acids is 2. The Morgan fingerprint density at radius 1 is 1.33 bits per heavy atom. The summed E-state index contributed by atoms with van der Waals surface area (Å²) >= 11 is 0. The number of hydrogen-bond acceptors (Lipinski definition) is 2. The van der Waals surface area contributed by atoms with Crippen LogP contribution in [0.1, 0.15) is 29.1 Å². The maximum atomic E-state index is 11.6. The Morgan fingerprint density at radius 2 is 1.73 bits per heavy atom. The van der Waals surface area contributed by atoms with Crippen LogP contribution in [0.5, 0.6) is 0 Å². The predicted octanol–water partition coefficient (Wildman–Crippen LogP) is -0.981. The first-order valence-electron chi connectivity index (χ1n) is 4.38. The van der Waals surface area contributed by atoms with Crippen molar-refractivity contribution in [2.24, 2.45) is 0 Å². The van der Waals surface area contributed by atoms with Crippen LogP contribution in [0, 0.1) is 0 Å². The van der Waals surface area contributed by atoms with Crippen LogP contribution >= 0.6 is 0 Å². The van der Waals surface area contributed by atoms with Gasteiger partial charge in [0.2, 0.25) is 0 Å². The maximum absolute atomic E-state index is 11.6. The molecule has 0 aliphatic heterocycles. The van der Waals surface area contributed by atoms with E-state index in [1.54, 1.807) is 27.7 Å². The summed E-state index contributed by atoms with van der Waals surface area (Å²) < 4.78 is 0. The molecule has 0 unspecified atom stereocenters. The number of carbonyl (C=O) groups is 2. The van der Waals surface area contributed by atoms with Crippen molar-refractivity contribution in [3.63, 3.8) is 0 Å². The van der Waals surface area contributed by atoms with Crippen molar-refractivity contribution < 1.29 is 40.6 Å². The number of hydrogen-bond donors (Lipinski definition) is 0. The average molecular weight is 219 g/mol. The third-order valence-electron chi connectivity index (χ3n) is 1.63. The molecule has 0 spiro atoms. The molecule has 2 amide bonds. The molecule has 0 aliphatic carbocycles. The third kappa shape index (κ3) is 4.78. The molecule has 0 saturated heterocycles. The summed E-state index contributed by atoms with van der Waals surface area (Å²) in [7, 11) is 0. The molecular weight excluding hydrogens is 201 g/mol.